The Morgan fingerprint density at radius 3 is 0.986 bits per heavy atom. The summed E-state index contributed by atoms with van der Waals surface area (Å²) in [5.41, 5.74) is 7.77. The molecule has 0 saturated carbocycles. The molecule has 0 unspecified atom stereocenters. The number of nitriles is 1. The fourth-order valence-electron chi connectivity index (χ4n) is 10.2. The fourth-order valence-corrected chi connectivity index (χ4v) is 10.2. The van der Waals surface area contributed by atoms with Gasteiger partial charge in [-0.1, -0.05) is 152 Å². The highest BCUT2D eigenvalue weighted by molar-refractivity contribution is 6.14. The van der Waals surface area contributed by atoms with Gasteiger partial charge in [0.15, 0.2) is 0 Å². The van der Waals surface area contributed by atoms with Crippen LogP contribution in [0.25, 0.3) is 111 Å². The summed E-state index contributed by atoms with van der Waals surface area (Å²) in [4.78, 5) is 0. The maximum Gasteiger partial charge on any atom is 0.417 e. The second-order valence-corrected chi connectivity index (χ2v) is 17.8. The lowest BCUT2D eigenvalue weighted by Gasteiger charge is -2.21. The number of hydrogen-bond acceptors (Lipinski definition) is 1. The van der Waals surface area contributed by atoms with Gasteiger partial charge in [0.25, 0.3) is 0 Å². The molecule has 3 nitrogen and oxygen atoms in total. The van der Waals surface area contributed by atoms with Crippen LogP contribution in [-0.2, 0) is 12.4 Å². The van der Waals surface area contributed by atoms with Crippen molar-refractivity contribution in [3.05, 3.63) is 241 Å². The molecule has 2 aromatic heterocycles. The zero-order valence-electron chi connectivity index (χ0n) is 38.0. The quantitative estimate of drug-likeness (QED) is 0.147. The number of halogens is 6. The van der Waals surface area contributed by atoms with Gasteiger partial charge in [-0.25, -0.2) is 0 Å². The molecule has 0 saturated heterocycles. The third-order valence-corrected chi connectivity index (χ3v) is 13.6. The average Bonchev–Trinajstić information content (AvgIpc) is 3.92. The Kier molecular flexibility index (Phi) is 10.5. The Balaban J connectivity index is 1.22. The van der Waals surface area contributed by atoms with Crippen molar-refractivity contribution in [3.63, 3.8) is 0 Å². The zero-order chi connectivity index (χ0) is 49.3. The third-order valence-electron chi connectivity index (χ3n) is 13.6. The maximum atomic E-state index is 15.2. The topological polar surface area (TPSA) is 33.6 Å². The van der Waals surface area contributed by atoms with E-state index in [4.69, 9.17) is 0 Å². The number of nitrogens with zero attached hydrogens (tertiary/aromatic N) is 3. The number of alkyl halides is 6. The van der Waals surface area contributed by atoms with Crippen molar-refractivity contribution in [3.8, 4) is 73.1 Å². The number of aromatic nitrogens is 2. The Bertz CT molecular complexity index is 3920. The minimum atomic E-state index is -5.21. The van der Waals surface area contributed by atoms with Crippen LogP contribution in [-0.4, -0.2) is 9.13 Å². The molecule has 10 aromatic carbocycles. The van der Waals surface area contributed by atoms with E-state index >= 15 is 13.2 Å². The molecule has 0 aliphatic rings. The lowest BCUT2D eigenvalue weighted by Crippen LogP contribution is -2.13. The summed E-state index contributed by atoms with van der Waals surface area (Å²) in [6, 6.07) is 71.3. The molecule has 0 atom stereocenters. The van der Waals surface area contributed by atoms with Gasteiger partial charge in [0.2, 0.25) is 0 Å². The molecule has 0 amide bonds. The van der Waals surface area contributed by atoms with Gasteiger partial charge in [-0.2, -0.15) is 31.6 Å². The molecule has 0 fully saturated rings. The largest absolute Gasteiger partial charge is 0.417 e. The van der Waals surface area contributed by atoms with E-state index in [-0.39, 0.29) is 17.2 Å². The lowest BCUT2D eigenvalue weighted by molar-refractivity contribution is -0.142. The van der Waals surface area contributed by atoms with Crippen molar-refractivity contribution in [2.45, 2.75) is 12.4 Å². The van der Waals surface area contributed by atoms with Crippen LogP contribution >= 0.6 is 0 Å². The van der Waals surface area contributed by atoms with Crippen LogP contribution in [0, 0.1) is 11.3 Å². The molecule has 346 valence electrons. The first kappa shape index (κ1) is 44.1. The highest BCUT2D eigenvalue weighted by Gasteiger charge is 2.39. The van der Waals surface area contributed by atoms with Crippen LogP contribution in [0.3, 0.4) is 0 Å². The summed E-state index contributed by atoms with van der Waals surface area (Å²) >= 11 is 0. The fraction of sp³-hybridized carbons (Fsp3) is 0.0317. The standard InChI is InChI=1S/C63H37F6N3/c64-62(65,66)48-25-26-49(55(36-48)63(67,68)69)50-37-61(72-58-29-23-45(41-17-9-3-10-18-41)33-53(58)54-34-46(24-30-59(54)72)42-19-11-4-12-20-42)60(35-47(50)38-70)71-56-27-21-43(39-13-5-1-6-14-39)31-51(56)52-32-44(22-28-57(52)71)40-15-7-2-8-16-40/h1-37H. The SMILES string of the molecule is N#Cc1cc(-n2c3ccc(-c4ccccc4)cc3c3cc(-c4ccccc4)ccc32)c(-n2c3ccc(-c4ccccc4)cc3c3cc(-c4ccccc4)ccc32)cc1-c1ccc(C(F)(F)F)cc1C(F)(F)F. The molecule has 72 heavy (non-hydrogen) atoms. The van der Waals surface area contributed by atoms with Crippen LogP contribution in [0.2, 0.25) is 0 Å². The molecule has 0 aliphatic carbocycles. The summed E-state index contributed by atoms with van der Waals surface area (Å²) in [5.74, 6) is 0. The van der Waals surface area contributed by atoms with Crippen molar-refractivity contribution >= 4 is 43.6 Å². The molecular weight excluding hydrogens is 913 g/mol. The van der Waals surface area contributed by atoms with Crippen LogP contribution in [0.4, 0.5) is 26.3 Å². The monoisotopic (exact) mass is 949 g/mol. The minimum absolute atomic E-state index is 0.127. The van der Waals surface area contributed by atoms with E-state index in [9.17, 15) is 18.4 Å². The second-order valence-electron chi connectivity index (χ2n) is 17.8. The highest BCUT2D eigenvalue weighted by Crippen LogP contribution is 2.47. The smallest absolute Gasteiger partial charge is 0.307 e. The molecule has 9 heteroatoms. The first-order valence-corrected chi connectivity index (χ1v) is 23.2. The summed E-state index contributed by atoms with van der Waals surface area (Å²) in [6.45, 7) is 0. The van der Waals surface area contributed by atoms with E-state index in [1.165, 1.54) is 6.07 Å². The maximum absolute atomic E-state index is 15.2. The zero-order valence-corrected chi connectivity index (χ0v) is 38.0. The van der Waals surface area contributed by atoms with Gasteiger partial charge in [0, 0.05) is 27.1 Å². The van der Waals surface area contributed by atoms with Crippen molar-refractivity contribution in [1.29, 1.82) is 5.26 Å². The molecule has 0 radical (unpaired) electrons. The van der Waals surface area contributed by atoms with Gasteiger partial charge in [-0.15, -0.1) is 0 Å². The normalized spacial score (nSPS) is 12.0. The molecule has 12 rings (SSSR count). The number of benzene rings is 10. The average molecular weight is 950 g/mol. The lowest BCUT2D eigenvalue weighted by atomic mass is 9.92. The molecule has 12 aromatic rings. The molecular formula is C63H37F6N3. The third kappa shape index (κ3) is 7.56. The number of fused-ring (bicyclic) bond motifs is 6. The van der Waals surface area contributed by atoms with E-state index < -0.39 is 29.0 Å². The molecule has 0 N–H and O–H groups in total. The van der Waals surface area contributed by atoms with Crippen LogP contribution in [0.15, 0.2) is 224 Å². The Morgan fingerprint density at radius 2 is 0.667 bits per heavy atom. The van der Waals surface area contributed by atoms with Gasteiger partial charge in [0.1, 0.15) is 0 Å². The minimum Gasteiger partial charge on any atom is -0.307 e. The molecule has 0 bridgehead atoms. The van der Waals surface area contributed by atoms with Crippen LogP contribution < -0.4 is 0 Å². The Morgan fingerprint density at radius 1 is 0.319 bits per heavy atom. The number of rotatable bonds is 7. The first-order chi connectivity index (χ1) is 34.9. The molecule has 2 heterocycles. The Hall–Kier alpha value is -9.13. The first-order valence-electron chi connectivity index (χ1n) is 23.2. The molecule has 0 aliphatic heterocycles. The predicted molar refractivity (Wildman–Crippen MR) is 277 cm³/mol. The van der Waals surface area contributed by atoms with Gasteiger partial charge < -0.3 is 9.13 Å². The van der Waals surface area contributed by atoms with Crippen molar-refractivity contribution in [1.82, 2.24) is 9.13 Å². The van der Waals surface area contributed by atoms with E-state index in [0.717, 1.165) is 83.2 Å². The van der Waals surface area contributed by atoms with E-state index in [1.807, 2.05) is 179 Å². The summed E-state index contributed by atoms with van der Waals surface area (Å²) < 4.78 is 92.0. The van der Waals surface area contributed by atoms with Gasteiger partial charge in [-0.05, 0) is 123 Å². The van der Waals surface area contributed by atoms with Gasteiger partial charge >= 0.3 is 12.4 Å². The summed E-state index contributed by atoms with van der Waals surface area (Å²) in [6.07, 6.45) is -10.3. The van der Waals surface area contributed by atoms with Crippen LogP contribution in [0.5, 0.6) is 0 Å². The summed E-state index contributed by atoms with van der Waals surface area (Å²) in [5, 5.41) is 14.5. The summed E-state index contributed by atoms with van der Waals surface area (Å²) in [7, 11) is 0. The number of hydrogen-bond donors (Lipinski definition) is 0. The predicted octanol–water partition coefficient (Wildman–Crippen LogP) is 18.1. The second kappa shape index (κ2) is 17.1. The van der Waals surface area contributed by atoms with E-state index in [2.05, 4.69) is 30.3 Å². The molecule has 0 spiro atoms. The van der Waals surface area contributed by atoms with E-state index in [0.29, 0.717) is 28.5 Å². The van der Waals surface area contributed by atoms with Gasteiger partial charge in [-0.3, -0.25) is 0 Å². The Labute approximate surface area is 409 Å². The van der Waals surface area contributed by atoms with Crippen molar-refractivity contribution < 1.29 is 26.3 Å². The van der Waals surface area contributed by atoms with Crippen LogP contribution in [0.1, 0.15) is 16.7 Å². The van der Waals surface area contributed by atoms with Gasteiger partial charge in [0.05, 0.1) is 56.2 Å². The highest BCUT2D eigenvalue weighted by atomic mass is 19.4. The van der Waals surface area contributed by atoms with E-state index in [1.54, 1.807) is 6.07 Å². The van der Waals surface area contributed by atoms with Crippen molar-refractivity contribution in [2.75, 3.05) is 0 Å². The van der Waals surface area contributed by atoms with Crippen molar-refractivity contribution in [2.24, 2.45) is 0 Å².